The molecule has 26 heavy (non-hydrogen) atoms. The second-order valence-corrected chi connectivity index (χ2v) is 7.00. The molecule has 3 aromatic heterocycles. The number of rotatable bonds is 3. The Morgan fingerprint density at radius 2 is 2.27 bits per heavy atom. The number of fused-ring (bicyclic) bond motifs is 2. The van der Waals surface area contributed by atoms with Gasteiger partial charge in [0, 0.05) is 44.0 Å². The molecule has 136 valence electrons. The number of ether oxygens (including phenoxy) is 1. The van der Waals surface area contributed by atoms with Crippen LogP contribution in [0.5, 0.6) is 0 Å². The minimum atomic E-state index is 0.311. The van der Waals surface area contributed by atoms with E-state index in [1.807, 2.05) is 11.4 Å². The molecule has 0 aliphatic carbocycles. The predicted octanol–water partition coefficient (Wildman–Crippen LogP) is 2.05. The van der Waals surface area contributed by atoms with Crippen LogP contribution in [0, 0.1) is 6.92 Å². The zero-order valence-corrected chi connectivity index (χ0v) is 15.1. The van der Waals surface area contributed by atoms with E-state index in [2.05, 4.69) is 27.1 Å². The third-order valence-electron chi connectivity index (χ3n) is 5.46. The molecule has 5 rings (SSSR count). The molecule has 0 saturated carbocycles. The van der Waals surface area contributed by atoms with Crippen molar-refractivity contribution in [1.82, 2.24) is 24.7 Å². The maximum absolute atomic E-state index is 5.60. The first-order valence-electron chi connectivity index (χ1n) is 9.25. The van der Waals surface area contributed by atoms with Gasteiger partial charge in [-0.15, -0.1) is 0 Å². The van der Waals surface area contributed by atoms with Gasteiger partial charge in [-0.1, -0.05) is 12.1 Å². The van der Waals surface area contributed by atoms with Crippen LogP contribution in [0.3, 0.4) is 0 Å². The lowest BCUT2D eigenvalue weighted by molar-refractivity contribution is 0.193. The summed E-state index contributed by atoms with van der Waals surface area (Å²) in [5.41, 5.74) is 4.36. The van der Waals surface area contributed by atoms with Gasteiger partial charge in [-0.2, -0.15) is 5.10 Å². The highest BCUT2D eigenvalue weighted by molar-refractivity contribution is 5.73. The van der Waals surface area contributed by atoms with Crippen LogP contribution in [0.2, 0.25) is 0 Å². The van der Waals surface area contributed by atoms with E-state index in [0.717, 1.165) is 79.9 Å². The van der Waals surface area contributed by atoms with Crippen molar-refractivity contribution in [3.05, 3.63) is 34.9 Å². The smallest absolute Gasteiger partial charge is 0.158 e. The van der Waals surface area contributed by atoms with E-state index in [4.69, 9.17) is 14.2 Å². The first-order valence-corrected chi connectivity index (χ1v) is 9.25. The van der Waals surface area contributed by atoms with Gasteiger partial charge in [0.05, 0.1) is 18.0 Å². The van der Waals surface area contributed by atoms with Crippen molar-refractivity contribution in [2.24, 2.45) is 0 Å². The van der Waals surface area contributed by atoms with Crippen LogP contribution in [-0.2, 0) is 24.1 Å². The van der Waals surface area contributed by atoms with Crippen LogP contribution in [-0.4, -0.2) is 44.5 Å². The molecule has 1 fully saturated rings. The fourth-order valence-electron chi connectivity index (χ4n) is 4.08. The van der Waals surface area contributed by atoms with E-state index in [1.54, 1.807) is 6.33 Å². The molecule has 1 saturated heterocycles. The number of anilines is 1. The second-order valence-electron chi connectivity index (χ2n) is 7.00. The van der Waals surface area contributed by atoms with Gasteiger partial charge in [-0.05, 0) is 13.3 Å². The lowest BCUT2D eigenvalue weighted by Crippen LogP contribution is -2.32. The van der Waals surface area contributed by atoms with Crippen molar-refractivity contribution in [2.45, 2.75) is 45.6 Å². The molecule has 8 nitrogen and oxygen atoms in total. The highest BCUT2D eigenvalue weighted by Gasteiger charge is 2.30. The summed E-state index contributed by atoms with van der Waals surface area (Å²) in [6.07, 6.45) is 4.34. The van der Waals surface area contributed by atoms with Crippen LogP contribution in [0.25, 0.3) is 5.52 Å². The molecule has 0 radical (unpaired) electrons. The van der Waals surface area contributed by atoms with Crippen LogP contribution in [0.1, 0.15) is 47.8 Å². The van der Waals surface area contributed by atoms with Gasteiger partial charge in [0.25, 0.3) is 0 Å². The number of hydrogen-bond acceptors (Lipinski definition) is 7. The Morgan fingerprint density at radius 1 is 1.35 bits per heavy atom. The number of aryl methyl sites for hydroxylation is 2. The SMILES string of the molecule is CCc1onc2c1CN(c1ncnn3c(C)nc([C@@H]4CCOC4)c13)CC2. The third-order valence-corrected chi connectivity index (χ3v) is 5.46. The summed E-state index contributed by atoms with van der Waals surface area (Å²) in [4.78, 5) is 11.8. The number of imidazole rings is 1. The number of aromatic nitrogens is 5. The minimum absolute atomic E-state index is 0.311. The minimum Gasteiger partial charge on any atom is -0.381 e. The summed E-state index contributed by atoms with van der Waals surface area (Å²) in [6, 6.07) is 0. The summed E-state index contributed by atoms with van der Waals surface area (Å²) in [5, 5.41) is 8.68. The lowest BCUT2D eigenvalue weighted by Gasteiger charge is -2.28. The fraction of sp³-hybridized carbons (Fsp3) is 0.556. The van der Waals surface area contributed by atoms with Crippen LogP contribution in [0.15, 0.2) is 10.9 Å². The van der Waals surface area contributed by atoms with Gasteiger partial charge in [0.15, 0.2) is 5.82 Å². The van der Waals surface area contributed by atoms with Gasteiger partial charge >= 0.3 is 0 Å². The molecule has 2 aliphatic rings. The van der Waals surface area contributed by atoms with E-state index in [-0.39, 0.29) is 0 Å². The van der Waals surface area contributed by atoms with Gasteiger partial charge in [0.2, 0.25) is 0 Å². The van der Waals surface area contributed by atoms with Crippen molar-refractivity contribution in [3.8, 4) is 0 Å². The molecule has 0 aromatic carbocycles. The summed E-state index contributed by atoms with van der Waals surface area (Å²) >= 11 is 0. The second kappa shape index (κ2) is 6.05. The zero-order chi connectivity index (χ0) is 17.7. The van der Waals surface area contributed by atoms with Crippen molar-refractivity contribution < 1.29 is 9.26 Å². The van der Waals surface area contributed by atoms with Gasteiger partial charge < -0.3 is 14.2 Å². The summed E-state index contributed by atoms with van der Waals surface area (Å²) in [7, 11) is 0. The average molecular weight is 354 g/mol. The topological polar surface area (TPSA) is 81.6 Å². The normalized spacial score (nSPS) is 20.1. The molecular formula is C18H22N6O2. The first-order chi connectivity index (χ1) is 12.8. The Balaban J connectivity index is 1.61. The van der Waals surface area contributed by atoms with Crippen molar-refractivity contribution in [2.75, 3.05) is 24.7 Å². The van der Waals surface area contributed by atoms with Crippen LogP contribution in [0.4, 0.5) is 5.82 Å². The molecule has 1 atom stereocenters. The largest absolute Gasteiger partial charge is 0.381 e. The monoisotopic (exact) mass is 354 g/mol. The summed E-state index contributed by atoms with van der Waals surface area (Å²) in [6.45, 7) is 7.23. The fourth-order valence-corrected chi connectivity index (χ4v) is 4.08. The van der Waals surface area contributed by atoms with Crippen molar-refractivity contribution in [3.63, 3.8) is 0 Å². The van der Waals surface area contributed by atoms with E-state index in [1.165, 1.54) is 5.56 Å². The Bertz CT molecular complexity index is 943. The van der Waals surface area contributed by atoms with E-state index in [0.29, 0.717) is 5.92 Å². The molecular weight excluding hydrogens is 332 g/mol. The predicted molar refractivity (Wildman–Crippen MR) is 94.3 cm³/mol. The molecule has 0 N–H and O–H groups in total. The quantitative estimate of drug-likeness (QED) is 0.712. The van der Waals surface area contributed by atoms with E-state index in [9.17, 15) is 0 Å². The molecule has 0 spiro atoms. The Kier molecular flexibility index (Phi) is 3.66. The number of hydrogen-bond donors (Lipinski definition) is 0. The molecule has 0 bridgehead atoms. The van der Waals surface area contributed by atoms with Crippen molar-refractivity contribution >= 4 is 11.3 Å². The van der Waals surface area contributed by atoms with Gasteiger partial charge in [0.1, 0.15) is 23.4 Å². The Hall–Kier alpha value is -2.48. The molecule has 3 aromatic rings. The maximum atomic E-state index is 5.60. The van der Waals surface area contributed by atoms with Crippen molar-refractivity contribution in [1.29, 1.82) is 0 Å². The van der Waals surface area contributed by atoms with Crippen LogP contribution < -0.4 is 4.90 Å². The lowest BCUT2D eigenvalue weighted by atomic mass is 10.0. The molecule has 2 aliphatic heterocycles. The van der Waals surface area contributed by atoms with Crippen LogP contribution >= 0.6 is 0 Å². The molecule has 5 heterocycles. The Morgan fingerprint density at radius 3 is 3.08 bits per heavy atom. The Labute approximate surface area is 151 Å². The third kappa shape index (κ3) is 2.32. The highest BCUT2D eigenvalue weighted by Crippen LogP contribution is 2.34. The average Bonchev–Trinajstić information content (AvgIpc) is 3.39. The van der Waals surface area contributed by atoms with E-state index >= 15 is 0 Å². The zero-order valence-electron chi connectivity index (χ0n) is 15.1. The summed E-state index contributed by atoms with van der Waals surface area (Å²) < 4.78 is 13.0. The molecule has 0 unspecified atom stereocenters. The first kappa shape index (κ1) is 15.7. The highest BCUT2D eigenvalue weighted by atomic mass is 16.5. The molecule has 8 heteroatoms. The van der Waals surface area contributed by atoms with Gasteiger partial charge in [-0.3, -0.25) is 0 Å². The maximum Gasteiger partial charge on any atom is 0.158 e. The van der Waals surface area contributed by atoms with Gasteiger partial charge in [-0.25, -0.2) is 14.5 Å². The van der Waals surface area contributed by atoms with E-state index < -0.39 is 0 Å². The number of nitrogens with zero attached hydrogens (tertiary/aromatic N) is 6. The summed E-state index contributed by atoms with van der Waals surface area (Å²) in [5.74, 6) is 3.12. The molecule has 0 amide bonds. The standard InChI is InChI=1S/C18H22N6O2/c1-3-15-13-8-23(6-4-14(13)22-26-15)18-17-16(12-5-7-25-9-12)21-11(2)24(17)20-10-19-18/h10,12H,3-9H2,1-2H3/t12-/m1/s1.